The Morgan fingerprint density at radius 3 is 2.89 bits per heavy atom. The number of carbonyl (C=O) groups is 1. The molecule has 0 spiro atoms. The SMILES string of the molecule is Cn1ccc(CNC(=O)NC[C@H]2CN(Cc3ccc(Cl)c(Cl)c3)CCO2)n1. The third-order valence-electron chi connectivity index (χ3n) is 4.30. The monoisotopic (exact) mass is 411 g/mol. The number of morpholine rings is 1. The first-order chi connectivity index (χ1) is 13.0. The van der Waals surface area contributed by atoms with Crippen LogP contribution in [0.15, 0.2) is 30.5 Å². The van der Waals surface area contributed by atoms with Gasteiger partial charge in [0.05, 0.1) is 35.0 Å². The number of halogens is 2. The summed E-state index contributed by atoms with van der Waals surface area (Å²) in [5.41, 5.74) is 1.92. The Hall–Kier alpha value is -1.80. The summed E-state index contributed by atoms with van der Waals surface area (Å²) in [7, 11) is 1.84. The summed E-state index contributed by atoms with van der Waals surface area (Å²) in [4.78, 5) is 14.2. The maximum atomic E-state index is 12.0. The quantitative estimate of drug-likeness (QED) is 0.765. The number of amides is 2. The van der Waals surface area contributed by atoms with E-state index in [1.54, 1.807) is 4.68 Å². The van der Waals surface area contributed by atoms with Gasteiger partial charge in [0.25, 0.3) is 0 Å². The summed E-state index contributed by atoms with van der Waals surface area (Å²) in [6, 6.07) is 7.31. The molecule has 1 aromatic heterocycles. The molecule has 1 atom stereocenters. The summed E-state index contributed by atoms with van der Waals surface area (Å²) in [6.07, 6.45) is 1.79. The van der Waals surface area contributed by atoms with Crippen LogP contribution in [-0.2, 0) is 24.9 Å². The highest BCUT2D eigenvalue weighted by molar-refractivity contribution is 6.42. The van der Waals surface area contributed by atoms with E-state index in [0.717, 1.165) is 30.9 Å². The number of hydrogen-bond acceptors (Lipinski definition) is 4. The van der Waals surface area contributed by atoms with Crippen molar-refractivity contribution in [3.8, 4) is 0 Å². The molecule has 27 heavy (non-hydrogen) atoms. The van der Waals surface area contributed by atoms with Crippen molar-refractivity contribution in [3.05, 3.63) is 51.8 Å². The van der Waals surface area contributed by atoms with Gasteiger partial charge in [-0.15, -0.1) is 0 Å². The summed E-state index contributed by atoms with van der Waals surface area (Å²) < 4.78 is 7.46. The van der Waals surface area contributed by atoms with Gasteiger partial charge in [-0.1, -0.05) is 29.3 Å². The number of hydrogen-bond donors (Lipinski definition) is 2. The average Bonchev–Trinajstić information content (AvgIpc) is 3.07. The molecule has 0 saturated carbocycles. The third-order valence-corrected chi connectivity index (χ3v) is 5.04. The van der Waals surface area contributed by atoms with Crippen LogP contribution >= 0.6 is 23.2 Å². The van der Waals surface area contributed by atoms with E-state index in [1.165, 1.54) is 0 Å². The number of rotatable bonds is 6. The Morgan fingerprint density at radius 1 is 1.30 bits per heavy atom. The second-order valence-corrected chi connectivity index (χ2v) is 7.34. The van der Waals surface area contributed by atoms with Crippen LogP contribution in [0.3, 0.4) is 0 Å². The van der Waals surface area contributed by atoms with Crippen LogP contribution in [0.1, 0.15) is 11.3 Å². The molecule has 2 amide bonds. The Labute approximate surface area is 168 Å². The van der Waals surface area contributed by atoms with Gasteiger partial charge in [-0.25, -0.2) is 4.79 Å². The van der Waals surface area contributed by atoms with Crippen LogP contribution in [0.25, 0.3) is 0 Å². The van der Waals surface area contributed by atoms with E-state index < -0.39 is 0 Å². The normalized spacial score (nSPS) is 17.7. The molecule has 1 fully saturated rings. The number of ether oxygens (including phenoxy) is 1. The molecular formula is C18H23Cl2N5O2. The fourth-order valence-corrected chi connectivity index (χ4v) is 3.26. The number of aromatic nitrogens is 2. The lowest BCUT2D eigenvalue weighted by molar-refractivity contribution is -0.0287. The highest BCUT2D eigenvalue weighted by Crippen LogP contribution is 2.23. The van der Waals surface area contributed by atoms with Gasteiger partial charge in [0, 0.05) is 39.4 Å². The zero-order valence-corrected chi connectivity index (χ0v) is 16.6. The zero-order chi connectivity index (χ0) is 19.2. The fourth-order valence-electron chi connectivity index (χ4n) is 2.94. The minimum atomic E-state index is -0.231. The summed E-state index contributed by atoms with van der Waals surface area (Å²) >= 11 is 12.1. The maximum Gasteiger partial charge on any atom is 0.315 e. The van der Waals surface area contributed by atoms with E-state index in [9.17, 15) is 4.79 Å². The molecule has 146 valence electrons. The lowest BCUT2D eigenvalue weighted by Crippen LogP contribution is -2.48. The number of benzene rings is 1. The Morgan fingerprint density at radius 2 is 2.15 bits per heavy atom. The Balaban J connectivity index is 1.41. The van der Waals surface area contributed by atoms with Crippen molar-refractivity contribution in [2.75, 3.05) is 26.2 Å². The van der Waals surface area contributed by atoms with Crippen LogP contribution in [0.4, 0.5) is 4.79 Å². The minimum absolute atomic E-state index is 0.0536. The Bertz CT molecular complexity index is 783. The lowest BCUT2D eigenvalue weighted by atomic mass is 10.2. The molecule has 2 aromatic rings. The standard InChI is InChI=1S/C18H23Cl2N5O2/c1-24-5-4-14(23-24)9-21-18(26)22-10-15-12-25(6-7-27-15)11-13-2-3-16(19)17(20)8-13/h2-5,8,15H,6-7,9-12H2,1H3,(H2,21,22,26)/t15-/m0/s1. The van der Waals surface area contributed by atoms with Gasteiger partial charge >= 0.3 is 6.03 Å². The first-order valence-corrected chi connectivity index (χ1v) is 9.53. The van der Waals surface area contributed by atoms with Gasteiger partial charge in [-0.05, 0) is 23.8 Å². The largest absolute Gasteiger partial charge is 0.374 e. The smallest absolute Gasteiger partial charge is 0.315 e. The second-order valence-electron chi connectivity index (χ2n) is 6.52. The summed E-state index contributed by atoms with van der Waals surface area (Å²) in [5.74, 6) is 0. The van der Waals surface area contributed by atoms with E-state index in [2.05, 4.69) is 20.6 Å². The Kier molecular flexibility index (Phi) is 6.95. The highest BCUT2D eigenvalue weighted by Gasteiger charge is 2.21. The molecule has 2 heterocycles. The predicted molar refractivity (Wildman–Crippen MR) is 105 cm³/mol. The number of nitrogens with zero attached hydrogens (tertiary/aromatic N) is 3. The molecule has 1 aliphatic rings. The van der Waals surface area contributed by atoms with Crippen LogP contribution in [0, 0.1) is 0 Å². The average molecular weight is 412 g/mol. The molecule has 3 rings (SSSR count). The van der Waals surface area contributed by atoms with Crippen molar-refractivity contribution in [3.63, 3.8) is 0 Å². The van der Waals surface area contributed by atoms with Gasteiger partial charge in [-0.3, -0.25) is 9.58 Å². The number of nitrogens with one attached hydrogen (secondary N) is 2. The van der Waals surface area contributed by atoms with Crippen molar-refractivity contribution < 1.29 is 9.53 Å². The lowest BCUT2D eigenvalue weighted by Gasteiger charge is -2.33. The maximum absolute atomic E-state index is 12.0. The molecule has 0 radical (unpaired) electrons. The number of urea groups is 1. The van der Waals surface area contributed by atoms with Gasteiger partial charge in [0.15, 0.2) is 0 Å². The molecule has 0 unspecified atom stereocenters. The number of carbonyl (C=O) groups excluding carboxylic acids is 1. The van der Waals surface area contributed by atoms with Crippen LogP contribution in [-0.4, -0.2) is 53.1 Å². The summed E-state index contributed by atoms with van der Waals surface area (Å²) in [6.45, 7) is 3.81. The molecule has 1 aromatic carbocycles. The predicted octanol–water partition coefficient (Wildman–Crippen LogP) is 2.43. The highest BCUT2D eigenvalue weighted by atomic mass is 35.5. The van der Waals surface area contributed by atoms with Crippen molar-refractivity contribution >= 4 is 29.2 Å². The first kappa shape index (κ1) is 19.9. The molecular weight excluding hydrogens is 389 g/mol. The molecule has 9 heteroatoms. The second kappa shape index (κ2) is 9.41. The van der Waals surface area contributed by atoms with Gasteiger partial charge in [0.1, 0.15) is 0 Å². The number of aryl methyl sites for hydroxylation is 1. The first-order valence-electron chi connectivity index (χ1n) is 8.77. The van der Waals surface area contributed by atoms with E-state index >= 15 is 0 Å². The minimum Gasteiger partial charge on any atom is -0.374 e. The molecule has 0 bridgehead atoms. The molecule has 0 aliphatic carbocycles. The van der Waals surface area contributed by atoms with Gasteiger partial charge < -0.3 is 15.4 Å². The van der Waals surface area contributed by atoms with E-state index in [0.29, 0.717) is 29.7 Å². The van der Waals surface area contributed by atoms with Gasteiger partial charge in [-0.2, -0.15) is 5.10 Å². The van der Waals surface area contributed by atoms with E-state index in [4.69, 9.17) is 27.9 Å². The van der Waals surface area contributed by atoms with E-state index in [1.807, 2.05) is 37.5 Å². The van der Waals surface area contributed by atoms with E-state index in [-0.39, 0.29) is 12.1 Å². The van der Waals surface area contributed by atoms with Crippen molar-refractivity contribution in [2.45, 2.75) is 19.2 Å². The van der Waals surface area contributed by atoms with Crippen molar-refractivity contribution in [1.29, 1.82) is 0 Å². The van der Waals surface area contributed by atoms with Crippen LogP contribution in [0.5, 0.6) is 0 Å². The molecule has 7 nitrogen and oxygen atoms in total. The summed E-state index contributed by atoms with van der Waals surface area (Å²) in [5, 5.41) is 11.0. The van der Waals surface area contributed by atoms with Crippen LogP contribution in [0.2, 0.25) is 10.0 Å². The van der Waals surface area contributed by atoms with Crippen molar-refractivity contribution in [1.82, 2.24) is 25.3 Å². The van der Waals surface area contributed by atoms with Crippen molar-refractivity contribution in [2.24, 2.45) is 7.05 Å². The van der Waals surface area contributed by atoms with Gasteiger partial charge in [0.2, 0.25) is 0 Å². The topological polar surface area (TPSA) is 71.4 Å². The third kappa shape index (κ3) is 6.10. The fraction of sp³-hybridized carbons (Fsp3) is 0.444. The molecule has 1 saturated heterocycles. The molecule has 1 aliphatic heterocycles. The zero-order valence-electron chi connectivity index (χ0n) is 15.1. The molecule has 2 N–H and O–H groups in total. The van der Waals surface area contributed by atoms with Crippen LogP contribution < -0.4 is 10.6 Å².